The Hall–Kier alpha value is -1.62. The quantitative estimate of drug-likeness (QED) is 0.783. The minimum absolute atomic E-state index is 0.156. The fourth-order valence-electron chi connectivity index (χ4n) is 1.50. The van der Waals surface area contributed by atoms with Gasteiger partial charge in [0.15, 0.2) is 5.82 Å². The van der Waals surface area contributed by atoms with Crippen LogP contribution in [0, 0.1) is 11.6 Å². The van der Waals surface area contributed by atoms with E-state index in [2.05, 4.69) is 5.10 Å². The van der Waals surface area contributed by atoms with Crippen LogP contribution in [0.4, 0.5) is 14.5 Å². The number of benzene rings is 1. The Morgan fingerprint density at radius 1 is 1.38 bits per heavy atom. The summed E-state index contributed by atoms with van der Waals surface area (Å²) in [6.07, 6.45) is 1.33. The highest BCUT2D eigenvalue weighted by atomic mass is 35.5. The van der Waals surface area contributed by atoms with Crippen molar-refractivity contribution >= 4 is 17.3 Å². The van der Waals surface area contributed by atoms with Crippen LogP contribution in [0.25, 0.3) is 11.3 Å². The van der Waals surface area contributed by atoms with Crippen molar-refractivity contribution in [2.24, 2.45) is 7.05 Å². The van der Waals surface area contributed by atoms with Crippen molar-refractivity contribution in [1.82, 2.24) is 9.78 Å². The Morgan fingerprint density at radius 2 is 2.06 bits per heavy atom. The number of hydrogen-bond acceptors (Lipinski definition) is 2. The van der Waals surface area contributed by atoms with Crippen LogP contribution in [-0.4, -0.2) is 9.78 Å². The molecule has 0 spiro atoms. The van der Waals surface area contributed by atoms with E-state index in [1.165, 1.54) is 10.9 Å². The lowest BCUT2D eigenvalue weighted by atomic mass is 10.1. The summed E-state index contributed by atoms with van der Waals surface area (Å²) < 4.78 is 28.6. The molecule has 2 rings (SSSR count). The van der Waals surface area contributed by atoms with Gasteiger partial charge in [0.2, 0.25) is 0 Å². The fourth-order valence-corrected chi connectivity index (χ4v) is 1.66. The first-order valence-electron chi connectivity index (χ1n) is 4.43. The van der Waals surface area contributed by atoms with Crippen molar-refractivity contribution in [2.75, 3.05) is 5.73 Å². The van der Waals surface area contributed by atoms with E-state index in [0.717, 1.165) is 12.1 Å². The predicted molar refractivity (Wildman–Crippen MR) is 58.0 cm³/mol. The second-order valence-corrected chi connectivity index (χ2v) is 3.70. The number of aryl methyl sites for hydroxylation is 1. The van der Waals surface area contributed by atoms with Gasteiger partial charge in [-0.05, 0) is 12.1 Å². The SMILES string of the molecule is Cn1ncc(N)c1-c1c(F)ccc(Cl)c1F. The summed E-state index contributed by atoms with van der Waals surface area (Å²) in [5.74, 6) is -1.56. The molecule has 0 radical (unpaired) electrons. The molecule has 0 saturated heterocycles. The van der Waals surface area contributed by atoms with Gasteiger partial charge >= 0.3 is 0 Å². The molecule has 1 aromatic carbocycles. The highest BCUT2D eigenvalue weighted by Gasteiger charge is 2.19. The maximum atomic E-state index is 13.7. The molecule has 84 valence electrons. The lowest BCUT2D eigenvalue weighted by Gasteiger charge is -2.07. The Balaban J connectivity index is 2.78. The molecule has 0 aliphatic heterocycles. The Labute approximate surface area is 95.4 Å². The molecule has 1 aromatic heterocycles. The first kappa shape index (κ1) is 10.9. The zero-order valence-corrected chi connectivity index (χ0v) is 9.09. The van der Waals surface area contributed by atoms with Crippen LogP contribution < -0.4 is 5.73 Å². The topological polar surface area (TPSA) is 43.8 Å². The molecule has 0 aliphatic rings. The molecule has 0 saturated carbocycles. The Bertz CT molecular complexity index is 532. The third kappa shape index (κ3) is 1.53. The standard InChI is InChI=1S/C10H8ClF2N3/c1-16-10(7(14)4-15-16)8-6(12)3-2-5(11)9(8)13/h2-4H,14H2,1H3. The number of nitrogen functional groups attached to an aromatic ring is 1. The summed E-state index contributed by atoms with van der Waals surface area (Å²) in [6.45, 7) is 0. The van der Waals surface area contributed by atoms with E-state index in [1.807, 2.05) is 0 Å². The van der Waals surface area contributed by atoms with Crippen LogP contribution >= 0.6 is 11.6 Å². The van der Waals surface area contributed by atoms with Gasteiger partial charge in [0, 0.05) is 7.05 Å². The van der Waals surface area contributed by atoms with Crippen molar-refractivity contribution < 1.29 is 8.78 Å². The first-order chi connectivity index (χ1) is 7.52. The van der Waals surface area contributed by atoms with Gasteiger partial charge in [-0.2, -0.15) is 5.10 Å². The normalized spacial score (nSPS) is 10.8. The van der Waals surface area contributed by atoms with Crippen LogP contribution in [0.1, 0.15) is 0 Å². The predicted octanol–water partition coefficient (Wildman–Crippen LogP) is 2.60. The van der Waals surface area contributed by atoms with E-state index < -0.39 is 11.6 Å². The van der Waals surface area contributed by atoms with Gasteiger partial charge in [0.1, 0.15) is 5.82 Å². The van der Waals surface area contributed by atoms with E-state index in [-0.39, 0.29) is 22.0 Å². The summed E-state index contributed by atoms with van der Waals surface area (Å²) in [6, 6.07) is 2.25. The van der Waals surface area contributed by atoms with Crippen molar-refractivity contribution in [3.05, 3.63) is 35.0 Å². The van der Waals surface area contributed by atoms with Gasteiger partial charge in [0.05, 0.1) is 28.2 Å². The van der Waals surface area contributed by atoms with Crippen molar-refractivity contribution in [2.45, 2.75) is 0 Å². The number of anilines is 1. The number of hydrogen-bond donors (Lipinski definition) is 1. The van der Waals surface area contributed by atoms with Gasteiger partial charge in [-0.15, -0.1) is 0 Å². The third-order valence-electron chi connectivity index (χ3n) is 2.25. The van der Waals surface area contributed by atoms with Crippen molar-refractivity contribution in [3.8, 4) is 11.3 Å². The highest BCUT2D eigenvalue weighted by molar-refractivity contribution is 6.31. The van der Waals surface area contributed by atoms with Crippen molar-refractivity contribution in [1.29, 1.82) is 0 Å². The molecule has 6 heteroatoms. The van der Waals surface area contributed by atoms with E-state index >= 15 is 0 Å². The molecule has 2 aromatic rings. The average Bonchev–Trinajstić information content (AvgIpc) is 2.56. The summed E-state index contributed by atoms with van der Waals surface area (Å²) >= 11 is 5.60. The molecule has 0 fully saturated rings. The third-order valence-corrected chi connectivity index (χ3v) is 2.54. The van der Waals surface area contributed by atoms with E-state index in [1.54, 1.807) is 7.05 Å². The summed E-state index contributed by atoms with van der Waals surface area (Å²) in [7, 11) is 1.55. The van der Waals surface area contributed by atoms with Crippen molar-refractivity contribution in [3.63, 3.8) is 0 Å². The minimum atomic E-state index is -0.836. The molecule has 0 aliphatic carbocycles. The molecule has 0 amide bonds. The molecular weight excluding hydrogens is 236 g/mol. The second-order valence-electron chi connectivity index (χ2n) is 3.29. The number of nitrogens with zero attached hydrogens (tertiary/aromatic N) is 2. The van der Waals surface area contributed by atoms with E-state index in [9.17, 15) is 8.78 Å². The maximum Gasteiger partial charge on any atom is 0.154 e. The molecule has 0 atom stereocenters. The zero-order valence-electron chi connectivity index (χ0n) is 8.34. The van der Waals surface area contributed by atoms with Crippen LogP contribution in [0.2, 0.25) is 5.02 Å². The zero-order chi connectivity index (χ0) is 11.9. The minimum Gasteiger partial charge on any atom is -0.396 e. The van der Waals surface area contributed by atoms with E-state index in [4.69, 9.17) is 17.3 Å². The average molecular weight is 244 g/mol. The smallest absolute Gasteiger partial charge is 0.154 e. The maximum absolute atomic E-state index is 13.7. The largest absolute Gasteiger partial charge is 0.396 e. The molecule has 0 bridgehead atoms. The fraction of sp³-hybridized carbons (Fsp3) is 0.100. The number of aromatic nitrogens is 2. The molecule has 3 nitrogen and oxygen atoms in total. The van der Waals surface area contributed by atoms with Crippen LogP contribution in [0.15, 0.2) is 18.3 Å². The van der Waals surface area contributed by atoms with E-state index in [0.29, 0.717) is 0 Å². The molecule has 16 heavy (non-hydrogen) atoms. The van der Waals surface area contributed by atoms with Crippen LogP contribution in [0.5, 0.6) is 0 Å². The summed E-state index contributed by atoms with van der Waals surface area (Å²) in [5.41, 5.74) is 5.72. The van der Waals surface area contributed by atoms with Gasteiger partial charge < -0.3 is 5.73 Å². The molecule has 0 unspecified atom stereocenters. The number of rotatable bonds is 1. The van der Waals surface area contributed by atoms with Gasteiger partial charge in [0.25, 0.3) is 0 Å². The molecule has 1 heterocycles. The van der Waals surface area contributed by atoms with Gasteiger partial charge in [-0.3, -0.25) is 4.68 Å². The second kappa shape index (κ2) is 3.75. The van der Waals surface area contributed by atoms with Gasteiger partial charge in [-0.25, -0.2) is 8.78 Å². The first-order valence-corrected chi connectivity index (χ1v) is 4.81. The van der Waals surface area contributed by atoms with Crippen LogP contribution in [-0.2, 0) is 7.05 Å². The van der Waals surface area contributed by atoms with Gasteiger partial charge in [-0.1, -0.05) is 11.6 Å². The number of nitrogens with two attached hydrogens (primary N) is 1. The number of halogens is 3. The highest BCUT2D eigenvalue weighted by Crippen LogP contribution is 2.33. The Kier molecular flexibility index (Phi) is 2.55. The molecular formula is C10H8ClF2N3. The summed E-state index contributed by atoms with van der Waals surface area (Å²) in [5, 5.41) is 3.66. The lowest BCUT2D eigenvalue weighted by molar-refractivity contribution is 0.586. The monoisotopic (exact) mass is 243 g/mol. The molecule has 2 N–H and O–H groups in total. The Morgan fingerprint density at radius 3 is 2.62 bits per heavy atom. The lowest BCUT2D eigenvalue weighted by Crippen LogP contribution is -2.00. The van der Waals surface area contributed by atoms with Crippen LogP contribution in [0.3, 0.4) is 0 Å². The summed E-state index contributed by atoms with van der Waals surface area (Å²) in [4.78, 5) is 0.